The van der Waals surface area contributed by atoms with Gasteiger partial charge in [-0.3, -0.25) is 19.8 Å². The maximum Gasteiger partial charge on any atom is 0.270 e. The molecule has 2 amide bonds. The van der Waals surface area contributed by atoms with E-state index in [1.54, 1.807) is 37.3 Å². The number of ether oxygens (including phenoxy) is 2. The summed E-state index contributed by atoms with van der Waals surface area (Å²) in [6.45, 7) is 1.78. The molecule has 1 aliphatic heterocycles. The van der Waals surface area contributed by atoms with E-state index in [2.05, 4.69) is 21.2 Å². The maximum absolute atomic E-state index is 13.2. The number of anilines is 1. The molecule has 2 aromatic rings. The van der Waals surface area contributed by atoms with E-state index in [1.807, 2.05) is 0 Å². The number of nitrogens with zero attached hydrogens (tertiary/aromatic N) is 1. The quantitative estimate of drug-likeness (QED) is 0.390. The second kappa shape index (κ2) is 8.52. The molecule has 29 heavy (non-hydrogen) atoms. The van der Waals surface area contributed by atoms with Gasteiger partial charge in [-0.25, -0.2) is 0 Å². The lowest BCUT2D eigenvalue weighted by atomic mass is 10.1. The van der Waals surface area contributed by atoms with Crippen LogP contribution in [0.4, 0.5) is 5.69 Å². The summed E-state index contributed by atoms with van der Waals surface area (Å²) in [6.07, 6.45) is 1.47. The molecule has 0 aliphatic carbocycles. The minimum atomic E-state index is -0.586. The summed E-state index contributed by atoms with van der Waals surface area (Å²) in [7, 11) is 3.02. The molecule has 0 saturated carbocycles. The molecular weight excluding hydrogens is 480 g/mol. The Labute approximate surface area is 186 Å². The zero-order chi connectivity index (χ0) is 21.3. The van der Waals surface area contributed by atoms with E-state index in [4.69, 9.17) is 33.3 Å². The first kappa shape index (κ1) is 21.3. The number of rotatable bonds is 4. The van der Waals surface area contributed by atoms with Crippen molar-refractivity contribution in [2.24, 2.45) is 0 Å². The molecule has 0 spiro atoms. The lowest BCUT2D eigenvalue weighted by molar-refractivity contribution is -0.122. The fraction of sp³-hybridized carbons (Fsp3) is 0.150. The van der Waals surface area contributed by atoms with Gasteiger partial charge in [0.2, 0.25) is 0 Å². The van der Waals surface area contributed by atoms with Crippen LogP contribution in [0.2, 0.25) is 5.02 Å². The first-order valence-electron chi connectivity index (χ1n) is 8.36. The van der Waals surface area contributed by atoms with Crippen molar-refractivity contribution in [1.29, 1.82) is 0 Å². The number of carbonyl (C=O) groups is 2. The number of hydrogen-bond acceptors (Lipinski definition) is 5. The molecule has 1 heterocycles. The van der Waals surface area contributed by atoms with Crippen LogP contribution in [0.25, 0.3) is 6.08 Å². The summed E-state index contributed by atoms with van der Waals surface area (Å²) < 4.78 is 11.2. The Hall–Kier alpha value is -2.42. The van der Waals surface area contributed by atoms with Gasteiger partial charge in [0.05, 0.1) is 19.9 Å². The first-order chi connectivity index (χ1) is 13.8. The number of halogens is 2. The molecule has 1 aliphatic rings. The van der Waals surface area contributed by atoms with E-state index < -0.39 is 11.8 Å². The van der Waals surface area contributed by atoms with Crippen molar-refractivity contribution in [3.8, 4) is 11.5 Å². The Balaban J connectivity index is 2.10. The Morgan fingerprint density at radius 2 is 1.83 bits per heavy atom. The third-order valence-corrected chi connectivity index (χ3v) is 5.77. The van der Waals surface area contributed by atoms with Gasteiger partial charge in [-0.05, 0) is 60.6 Å². The summed E-state index contributed by atoms with van der Waals surface area (Å²) >= 11 is 14.9. The van der Waals surface area contributed by atoms with Crippen molar-refractivity contribution in [2.45, 2.75) is 6.92 Å². The Morgan fingerprint density at radius 1 is 1.17 bits per heavy atom. The molecule has 1 saturated heterocycles. The molecular formula is C20H16BrClN2O4S. The Kier molecular flexibility index (Phi) is 6.26. The minimum absolute atomic E-state index is 0.00565. The molecule has 6 nitrogen and oxygen atoms in total. The van der Waals surface area contributed by atoms with E-state index in [0.29, 0.717) is 37.8 Å². The van der Waals surface area contributed by atoms with Gasteiger partial charge in [0.1, 0.15) is 5.57 Å². The fourth-order valence-electron chi connectivity index (χ4n) is 2.85. The SMILES string of the molecule is COc1cc(Br)c(/C=C2/C(=O)NC(=S)N(c3cccc(Cl)c3C)C2=O)cc1OC. The van der Waals surface area contributed by atoms with Crippen LogP contribution >= 0.6 is 39.7 Å². The Morgan fingerprint density at radius 3 is 2.48 bits per heavy atom. The van der Waals surface area contributed by atoms with Crippen molar-refractivity contribution < 1.29 is 19.1 Å². The second-order valence-corrected chi connectivity index (χ2v) is 7.72. The van der Waals surface area contributed by atoms with Gasteiger partial charge in [-0.1, -0.05) is 33.6 Å². The number of carbonyl (C=O) groups excluding carboxylic acids is 2. The van der Waals surface area contributed by atoms with Gasteiger partial charge in [-0.2, -0.15) is 0 Å². The number of nitrogens with one attached hydrogen (secondary N) is 1. The lowest BCUT2D eigenvalue weighted by Gasteiger charge is -2.30. The highest BCUT2D eigenvalue weighted by molar-refractivity contribution is 9.10. The van der Waals surface area contributed by atoms with Crippen LogP contribution in [0.5, 0.6) is 11.5 Å². The van der Waals surface area contributed by atoms with Gasteiger partial charge >= 0.3 is 0 Å². The predicted octanol–water partition coefficient (Wildman–Crippen LogP) is 4.26. The van der Waals surface area contributed by atoms with Crippen molar-refractivity contribution in [3.63, 3.8) is 0 Å². The van der Waals surface area contributed by atoms with Gasteiger partial charge in [0, 0.05) is 9.50 Å². The van der Waals surface area contributed by atoms with Gasteiger partial charge in [-0.15, -0.1) is 0 Å². The van der Waals surface area contributed by atoms with Crippen molar-refractivity contribution in [3.05, 3.63) is 56.5 Å². The van der Waals surface area contributed by atoms with Crippen LogP contribution in [0, 0.1) is 6.92 Å². The summed E-state index contributed by atoms with van der Waals surface area (Å²) in [5.74, 6) is -0.161. The third kappa shape index (κ3) is 4.01. The summed E-state index contributed by atoms with van der Waals surface area (Å²) in [5, 5.41) is 3.04. The van der Waals surface area contributed by atoms with Crippen molar-refractivity contribution in [2.75, 3.05) is 19.1 Å². The standard InChI is InChI=1S/C20H16BrClN2O4S/c1-10-14(22)5-4-6-15(10)24-19(26)12(18(25)23-20(24)29)7-11-8-16(27-2)17(28-3)9-13(11)21/h4-9H,1-3H3,(H,23,25,29)/b12-7-. The highest BCUT2D eigenvalue weighted by Gasteiger charge is 2.35. The van der Waals surface area contributed by atoms with Crippen LogP contribution in [-0.2, 0) is 9.59 Å². The van der Waals surface area contributed by atoms with Crippen LogP contribution in [0.15, 0.2) is 40.4 Å². The normalized spacial score (nSPS) is 15.6. The van der Waals surface area contributed by atoms with Gasteiger partial charge < -0.3 is 9.47 Å². The molecule has 150 valence electrons. The van der Waals surface area contributed by atoms with Gasteiger partial charge in [0.15, 0.2) is 16.6 Å². The zero-order valence-corrected chi connectivity index (χ0v) is 18.9. The maximum atomic E-state index is 13.2. The van der Waals surface area contributed by atoms with Crippen molar-refractivity contribution in [1.82, 2.24) is 5.32 Å². The second-order valence-electron chi connectivity index (χ2n) is 6.07. The number of methoxy groups -OCH3 is 2. The summed E-state index contributed by atoms with van der Waals surface area (Å²) in [5.41, 5.74) is 1.67. The number of amides is 2. The highest BCUT2D eigenvalue weighted by Crippen LogP contribution is 2.35. The minimum Gasteiger partial charge on any atom is -0.493 e. The Bertz CT molecular complexity index is 1070. The molecule has 9 heteroatoms. The average molecular weight is 496 g/mol. The highest BCUT2D eigenvalue weighted by atomic mass is 79.9. The van der Waals surface area contributed by atoms with Gasteiger partial charge in [0.25, 0.3) is 11.8 Å². The van der Waals surface area contributed by atoms with Crippen LogP contribution in [-0.4, -0.2) is 31.1 Å². The molecule has 0 bridgehead atoms. The van der Waals surface area contributed by atoms with E-state index in [-0.39, 0.29) is 10.7 Å². The summed E-state index contributed by atoms with van der Waals surface area (Å²) in [6, 6.07) is 8.50. The first-order valence-corrected chi connectivity index (χ1v) is 9.94. The molecule has 3 rings (SSSR count). The van der Waals surface area contributed by atoms with E-state index in [9.17, 15) is 9.59 Å². The van der Waals surface area contributed by atoms with E-state index >= 15 is 0 Å². The largest absolute Gasteiger partial charge is 0.493 e. The zero-order valence-electron chi connectivity index (χ0n) is 15.7. The fourth-order valence-corrected chi connectivity index (χ4v) is 3.73. The number of hydrogen-bond donors (Lipinski definition) is 1. The molecule has 0 radical (unpaired) electrons. The summed E-state index contributed by atoms with van der Waals surface area (Å²) in [4.78, 5) is 27.0. The van der Waals surface area contributed by atoms with Crippen LogP contribution < -0.4 is 19.7 Å². The van der Waals surface area contributed by atoms with Crippen LogP contribution in [0.3, 0.4) is 0 Å². The third-order valence-electron chi connectivity index (χ3n) is 4.38. The molecule has 0 atom stereocenters. The van der Waals surface area contributed by atoms with E-state index in [0.717, 1.165) is 0 Å². The van der Waals surface area contributed by atoms with Crippen molar-refractivity contribution >= 4 is 68.4 Å². The van der Waals surface area contributed by atoms with Crippen LogP contribution in [0.1, 0.15) is 11.1 Å². The topological polar surface area (TPSA) is 67.9 Å². The monoisotopic (exact) mass is 494 g/mol. The molecule has 2 aromatic carbocycles. The average Bonchev–Trinajstić information content (AvgIpc) is 2.68. The predicted molar refractivity (Wildman–Crippen MR) is 120 cm³/mol. The molecule has 1 fully saturated rings. The molecule has 1 N–H and O–H groups in total. The van der Waals surface area contributed by atoms with E-state index in [1.165, 1.54) is 25.2 Å². The smallest absolute Gasteiger partial charge is 0.270 e. The lowest BCUT2D eigenvalue weighted by Crippen LogP contribution is -2.54. The molecule has 0 aromatic heterocycles. The number of benzene rings is 2. The number of thiocarbonyl (C=S) groups is 1. The molecule has 0 unspecified atom stereocenters.